The van der Waals surface area contributed by atoms with Gasteiger partial charge in [0, 0.05) is 19.5 Å². The summed E-state index contributed by atoms with van der Waals surface area (Å²) in [6, 6.07) is 8.73. The van der Waals surface area contributed by atoms with Crippen LogP contribution in [0.3, 0.4) is 0 Å². The molecule has 1 aromatic heterocycles. The van der Waals surface area contributed by atoms with Crippen LogP contribution in [0.2, 0.25) is 0 Å². The van der Waals surface area contributed by atoms with Crippen LogP contribution in [0.5, 0.6) is 0 Å². The Labute approximate surface area is 146 Å². The Kier molecular flexibility index (Phi) is 4.67. The molecule has 0 bridgehead atoms. The summed E-state index contributed by atoms with van der Waals surface area (Å²) >= 11 is 0. The van der Waals surface area contributed by atoms with Crippen LogP contribution in [0.1, 0.15) is 23.9 Å². The van der Waals surface area contributed by atoms with Gasteiger partial charge in [0.1, 0.15) is 5.25 Å². The van der Waals surface area contributed by atoms with Gasteiger partial charge in [-0.25, -0.2) is 8.42 Å². The van der Waals surface area contributed by atoms with Crippen LogP contribution in [0.4, 0.5) is 0 Å². The van der Waals surface area contributed by atoms with E-state index in [2.05, 4.69) is 22.1 Å². The molecule has 0 saturated carbocycles. The lowest BCUT2D eigenvalue weighted by Crippen LogP contribution is -2.36. The summed E-state index contributed by atoms with van der Waals surface area (Å²) < 4.78 is 27.3. The van der Waals surface area contributed by atoms with Crippen molar-refractivity contribution in [2.24, 2.45) is 0 Å². The number of benzene rings is 1. The largest absolute Gasteiger partial charge is 0.342 e. The Morgan fingerprint density at radius 3 is 2.68 bits per heavy atom. The molecule has 1 fully saturated rings. The second kappa shape index (κ2) is 6.75. The Bertz CT molecular complexity index is 878. The number of nitrogens with zero attached hydrogens (tertiary/aromatic N) is 5. The van der Waals surface area contributed by atoms with E-state index in [4.69, 9.17) is 0 Å². The van der Waals surface area contributed by atoms with Crippen molar-refractivity contribution < 1.29 is 13.2 Å². The number of hydrogen-bond donors (Lipinski definition) is 0. The zero-order valence-electron chi connectivity index (χ0n) is 13.8. The van der Waals surface area contributed by atoms with Crippen molar-refractivity contribution in [2.45, 2.75) is 24.1 Å². The van der Waals surface area contributed by atoms with Gasteiger partial charge < -0.3 is 4.90 Å². The van der Waals surface area contributed by atoms with E-state index in [1.165, 1.54) is 15.7 Å². The molecule has 2 aromatic rings. The highest BCUT2D eigenvalue weighted by Crippen LogP contribution is 2.27. The molecule has 1 aromatic carbocycles. The molecule has 132 valence electrons. The SMILES string of the molecule is C=CC(c1nnnn1-c1ccccc1)S(=O)(=O)CC1CCC(=O)N1C. The molecule has 25 heavy (non-hydrogen) atoms. The molecule has 2 atom stereocenters. The highest BCUT2D eigenvalue weighted by atomic mass is 32.2. The lowest BCUT2D eigenvalue weighted by molar-refractivity contribution is -0.127. The van der Waals surface area contributed by atoms with Gasteiger partial charge in [-0.1, -0.05) is 24.3 Å². The van der Waals surface area contributed by atoms with Gasteiger partial charge in [-0.05, 0) is 29.0 Å². The van der Waals surface area contributed by atoms with Crippen LogP contribution in [0.15, 0.2) is 43.0 Å². The van der Waals surface area contributed by atoms with Crippen molar-refractivity contribution in [3.05, 3.63) is 48.8 Å². The van der Waals surface area contributed by atoms with Crippen molar-refractivity contribution >= 4 is 15.7 Å². The molecule has 1 aliphatic heterocycles. The minimum atomic E-state index is -3.64. The number of para-hydroxylation sites is 1. The predicted octanol–water partition coefficient (Wildman–Crippen LogP) is 0.925. The first-order valence-electron chi connectivity index (χ1n) is 7.87. The minimum absolute atomic E-state index is 0.0375. The fourth-order valence-electron chi connectivity index (χ4n) is 2.97. The number of amides is 1. The molecule has 1 amide bonds. The van der Waals surface area contributed by atoms with Gasteiger partial charge in [-0.15, -0.1) is 11.7 Å². The number of tetrazole rings is 1. The third kappa shape index (κ3) is 3.32. The third-order valence-corrected chi connectivity index (χ3v) is 6.43. The summed E-state index contributed by atoms with van der Waals surface area (Å²) in [5.74, 6) is 0.00534. The summed E-state index contributed by atoms with van der Waals surface area (Å²) in [4.78, 5) is 13.1. The van der Waals surface area contributed by atoms with E-state index in [9.17, 15) is 13.2 Å². The Morgan fingerprint density at radius 2 is 2.08 bits per heavy atom. The van der Waals surface area contributed by atoms with Crippen molar-refractivity contribution in [1.29, 1.82) is 0 Å². The molecular weight excluding hydrogens is 342 g/mol. The van der Waals surface area contributed by atoms with Gasteiger partial charge >= 0.3 is 0 Å². The first-order valence-corrected chi connectivity index (χ1v) is 9.59. The maximum atomic E-state index is 12.9. The molecule has 0 radical (unpaired) electrons. The molecule has 2 heterocycles. The van der Waals surface area contributed by atoms with Crippen molar-refractivity contribution in [3.63, 3.8) is 0 Å². The zero-order chi connectivity index (χ0) is 18.0. The van der Waals surface area contributed by atoms with Crippen molar-refractivity contribution in [2.75, 3.05) is 12.8 Å². The number of carbonyl (C=O) groups excluding carboxylic acids is 1. The fourth-order valence-corrected chi connectivity index (χ4v) is 4.86. The molecule has 9 heteroatoms. The molecule has 2 unspecified atom stereocenters. The number of likely N-dealkylation sites (tertiary alicyclic amines) is 1. The van der Waals surface area contributed by atoms with Gasteiger partial charge in [0.2, 0.25) is 5.91 Å². The van der Waals surface area contributed by atoms with Gasteiger partial charge in [-0.2, -0.15) is 4.68 Å². The molecule has 1 saturated heterocycles. The van der Waals surface area contributed by atoms with Crippen LogP contribution >= 0.6 is 0 Å². The number of sulfone groups is 1. The maximum Gasteiger partial charge on any atom is 0.222 e. The van der Waals surface area contributed by atoms with E-state index < -0.39 is 15.1 Å². The molecule has 0 aliphatic carbocycles. The topological polar surface area (TPSA) is 98.0 Å². The molecular formula is C16H19N5O3S. The van der Waals surface area contributed by atoms with Crippen LogP contribution in [-0.4, -0.2) is 58.3 Å². The summed E-state index contributed by atoms with van der Waals surface area (Å²) in [6.07, 6.45) is 2.23. The van der Waals surface area contributed by atoms with E-state index in [0.717, 1.165) is 0 Å². The van der Waals surface area contributed by atoms with E-state index in [1.54, 1.807) is 19.2 Å². The van der Waals surface area contributed by atoms with E-state index in [1.807, 2.05) is 18.2 Å². The average Bonchev–Trinajstić information content (AvgIpc) is 3.18. The van der Waals surface area contributed by atoms with Gasteiger partial charge in [-0.3, -0.25) is 4.79 Å². The first kappa shape index (κ1) is 17.3. The minimum Gasteiger partial charge on any atom is -0.342 e. The Morgan fingerprint density at radius 1 is 1.36 bits per heavy atom. The van der Waals surface area contributed by atoms with Gasteiger partial charge in [0.25, 0.3) is 0 Å². The molecule has 0 spiro atoms. The Balaban J connectivity index is 1.92. The third-order valence-electron chi connectivity index (χ3n) is 4.41. The van der Waals surface area contributed by atoms with Crippen molar-refractivity contribution in [3.8, 4) is 5.69 Å². The number of rotatable bonds is 6. The molecule has 3 rings (SSSR count). The van der Waals surface area contributed by atoms with E-state index in [-0.39, 0.29) is 23.5 Å². The second-order valence-corrected chi connectivity index (χ2v) is 8.13. The summed E-state index contributed by atoms with van der Waals surface area (Å²) in [5.41, 5.74) is 0.665. The summed E-state index contributed by atoms with van der Waals surface area (Å²) in [7, 11) is -2.01. The number of aromatic nitrogens is 4. The van der Waals surface area contributed by atoms with E-state index >= 15 is 0 Å². The Hall–Kier alpha value is -2.55. The summed E-state index contributed by atoms with van der Waals surface area (Å²) in [6.45, 7) is 3.66. The molecule has 8 nitrogen and oxygen atoms in total. The highest BCUT2D eigenvalue weighted by Gasteiger charge is 2.37. The van der Waals surface area contributed by atoms with Crippen LogP contribution in [0, 0.1) is 0 Å². The smallest absolute Gasteiger partial charge is 0.222 e. The summed E-state index contributed by atoms with van der Waals surface area (Å²) in [5, 5.41) is 10.4. The van der Waals surface area contributed by atoms with E-state index in [0.29, 0.717) is 18.5 Å². The molecule has 1 aliphatic rings. The fraction of sp³-hybridized carbons (Fsp3) is 0.375. The first-order chi connectivity index (χ1) is 11.9. The monoisotopic (exact) mass is 361 g/mol. The van der Waals surface area contributed by atoms with Gasteiger partial charge in [0.15, 0.2) is 15.7 Å². The highest BCUT2D eigenvalue weighted by molar-refractivity contribution is 7.91. The van der Waals surface area contributed by atoms with Crippen LogP contribution < -0.4 is 0 Å². The van der Waals surface area contributed by atoms with Gasteiger partial charge in [0.05, 0.1) is 11.4 Å². The quantitative estimate of drug-likeness (QED) is 0.710. The maximum absolute atomic E-state index is 12.9. The van der Waals surface area contributed by atoms with Crippen molar-refractivity contribution in [1.82, 2.24) is 25.1 Å². The second-order valence-electron chi connectivity index (χ2n) is 5.97. The lowest BCUT2D eigenvalue weighted by atomic mass is 10.2. The lowest BCUT2D eigenvalue weighted by Gasteiger charge is -2.22. The molecule has 0 N–H and O–H groups in total. The predicted molar refractivity (Wildman–Crippen MR) is 91.7 cm³/mol. The standard InChI is InChI=1S/C16H19N5O3S/c1-3-14(25(23,24)11-13-9-10-15(22)20(13)2)16-17-18-19-21(16)12-7-5-4-6-8-12/h3-8,13-14H,1,9-11H2,2H3. The average molecular weight is 361 g/mol. The number of hydrogen-bond acceptors (Lipinski definition) is 6. The van der Waals surface area contributed by atoms with Crippen LogP contribution in [0.25, 0.3) is 5.69 Å². The zero-order valence-corrected chi connectivity index (χ0v) is 14.6. The normalized spacial score (nSPS) is 19.2. The van der Waals surface area contributed by atoms with Crippen LogP contribution in [-0.2, 0) is 14.6 Å². The number of carbonyl (C=O) groups is 1.